The van der Waals surface area contributed by atoms with Crippen LogP contribution in [-0.2, 0) is 28.9 Å². The lowest BCUT2D eigenvalue weighted by molar-refractivity contribution is -0.132. The highest BCUT2D eigenvalue weighted by Gasteiger charge is 2.15. The van der Waals surface area contributed by atoms with Gasteiger partial charge in [-0.05, 0) is 41.7 Å². The number of fused-ring (bicyclic) bond motifs is 3. The minimum Gasteiger partial charge on any atom is -0.491 e. The second-order valence-electron chi connectivity index (χ2n) is 8.37. The van der Waals surface area contributed by atoms with E-state index >= 15 is 0 Å². The van der Waals surface area contributed by atoms with Gasteiger partial charge in [0, 0.05) is 25.9 Å². The first-order chi connectivity index (χ1) is 15.7. The van der Waals surface area contributed by atoms with Gasteiger partial charge in [0.05, 0.1) is 13.2 Å². The summed E-state index contributed by atoms with van der Waals surface area (Å²) in [4.78, 5) is 15.0. The summed E-state index contributed by atoms with van der Waals surface area (Å²) in [6, 6.07) is 25.0. The highest BCUT2D eigenvalue weighted by Crippen LogP contribution is 2.24. The molecule has 4 nitrogen and oxygen atoms in total. The van der Waals surface area contributed by atoms with Gasteiger partial charge in [-0.25, -0.2) is 0 Å². The number of carbonyl (C=O) groups is 1. The molecule has 166 valence electrons. The number of aryl methyl sites for hydroxylation is 2. The third kappa shape index (κ3) is 6.21. The van der Waals surface area contributed by atoms with Crippen LogP contribution < -0.4 is 4.74 Å². The number of hydrogen-bond acceptors (Lipinski definition) is 3. The number of hydrogen-bond donors (Lipinski definition) is 0. The molecule has 1 aliphatic heterocycles. The third-order valence-corrected chi connectivity index (χ3v) is 5.79. The Morgan fingerprint density at radius 3 is 2.62 bits per heavy atom. The summed E-state index contributed by atoms with van der Waals surface area (Å²) in [7, 11) is 0. The Hall–Kier alpha value is -3.11. The van der Waals surface area contributed by atoms with Crippen LogP contribution in [0.25, 0.3) is 0 Å². The van der Waals surface area contributed by atoms with E-state index in [-0.39, 0.29) is 5.91 Å². The van der Waals surface area contributed by atoms with Crippen molar-refractivity contribution >= 4 is 5.91 Å². The van der Waals surface area contributed by atoms with E-state index in [4.69, 9.17) is 9.47 Å². The van der Waals surface area contributed by atoms with Gasteiger partial charge in [-0.1, -0.05) is 72.3 Å². The molecule has 0 saturated heterocycles. The average Bonchev–Trinajstić information content (AvgIpc) is 2.80. The molecule has 1 heterocycles. The van der Waals surface area contributed by atoms with Crippen molar-refractivity contribution in [3.8, 4) is 5.75 Å². The van der Waals surface area contributed by atoms with Crippen molar-refractivity contribution in [2.24, 2.45) is 0 Å². The van der Waals surface area contributed by atoms with E-state index in [2.05, 4.69) is 55.5 Å². The van der Waals surface area contributed by atoms with Crippen LogP contribution in [0.15, 0.2) is 72.8 Å². The maximum atomic E-state index is 13.1. The second-order valence-corrected chi connectivity index (χ2v) is 8.37. The normalized spacial score (nSPS) is 14.7. The van der Waals surface area contributed by atoms with Crippen molar-refractivity contribution in [1.29, 1.82) is 0 Å². The van der Waals surface area contributed by atoms with E-state index in [1.807, 2.05) is 29.2 Å². The van der Waals surface area contributed by atoms with E-state index in [0.29, 0.717) is 39.3 Å². The van der Waals surface area contributed by atoms with Gasteiger partial charge in [-0.3, -0.25) is 4.79 Å². The highest BCUT2D eigenvalue weighted by molar-refractivity contribution is 5.76. The molecular formula is C28H31NO3. The fourth-order valence-corrected chi connectivity index (χ4v) is 4.10. The SMILES string of the molecule is Cc1ccc2c(c1)Cc1cccc(c1)CN(C(=O)CCc1ccccc1)CCOCCO2. The first kappa shape index (κ1) is 22.1. The molecule has 1 amide bonds. The van der Waals surface area contributed by atoms with Crippen molar-refractivity contribution in [3.05, 3.63) is 101 Å². The lowest BCUT2D eigenvalue weighted by Gasteiger charge is -2.24. The summed E-state index contributed by atoms with van der Waals surface area (Å²) >= 11 is 0. The van der Waals surface area contributed by atoms with E-state index < -0.39 is 0 Å². The summed E-state index contributed by atoms with van der Waals surface area (Å²) in [6.07, 6.45) is 2.05. The molecule has 1 aliphatic rings. The zero-order valence-electron chi connectivity index (χ0n) is 18.8. The molecule has 0 aliphatic carbocycles. The fourth-order valence-electron chi connectivity index (χ4n) is 4.10. The van der Waals surface area contributed by atoms with Gasteiger partial charge in [-0.2, -0.15) is 0 Å². The van der Waals surface area contributed by atoms with Gasteiger partial charge in [0.25, 0.3) is 0 Å². The predicted molar refractivity (Wildman–Crippen MR) is 127 cm³/mol. The maximum Gasteiger partial charge on any atom is 0.223 e. The molecule has 0 N–H and O–H groups in total. The molecule has 0 atom stereocenters. The van der Waals surface area contributed by atoms with Crippen LogP contribution in [0.1, 0.15) is 34.2 Å². The molecule has 4 heteroatoms. The third-order valence-electron chi connectivity index (χ3n) is 5.79. The van der Waals surface area contributed by atoms with Crippen molar-refractivity contribution in [3.63, 3.8) is 0 Å². The number of amides is 1. The van der Waals surface area contributed by atoms with Crippen LogP contribution in [0.4, 0.5) is 0 Å². The van der Waals surface area contributed by atoms with Gasteiger partial charge < -0.3 is 14.4 Å². The van der Waals surface area contributed by atoms with Crippen LogP contribution in [0.3, 0.4) is 0 Å². The number of benzene rings is 3. The molecule has 2 bridgehead atoms. The van der Waals surface area contributed by atoms with E-state index in [0.717, 1.165) is 24.2 Å². The smallest absolute Gasteiger partial charge is 0.223 e. The quantitative estimate of drug-likeness (QED) is 0.591. The zero-order valence-corrected chi connectivity index (χ0v) is 18.8. The zero-order chi connectivity index (χ0) is 22.2. The molecule has 32 heavy (non-hydrogen) atoms. The standard InChI is InChI=1S/C28H31NO3/c1-22-10-12-27-26(18-22)20-24-8-5-9-25(19-24)21-29(14-15-31-16-17-32-27)28(30)13-11-23-6-3-2-4-7-23/h2-10,12,18-19H,11,13-17,20-21H2,1H3. The Balaban J connectivity index is 1.51. The molecular weight excluding hydrogens is 398 g/mol. The van der Waals surface area contributed by atoms with Crippen LogP contribution in [0.5, 0.6) is 5.75 Å². The molecule has 0 fully saturated rings. The lowest BCUT2D eigenvalue weighted by Crippen LogP contribution is -2.34. The van der Waals surface area contributed by atoms with Crippen LogP contribution in [0, 0.1) is 6.92 Å². The first-order valence-corrected chi connectivity index (χ1v) is 11.4. The summed E-state index contributed by atoms with van der Waals surface area (Å²) in [5.74, 6) is 1.08. The number of nitrogens with zero attached hydrogens (tertiary/aromatic N) is 1. The van der Waals surface area contributed by atoms with Crippen molar-refractivity contribution < 1.29 is 14.3 Å². The Kier molecular flexibility index (Phi) is 7.57. The van der Waals surface area contributed by atoms with Crippen LogP contribution >= 0.6 is 0 Å². The predicted octanol–water partition coefficient (Wildman–Crippen LogP) is 4.96. The van der Waals surface area contributed by atoms with Crippen LogP contribution in [0.2, 0.25) is 0 Å². The molecule has 3 aromatic carbocycles. The Morgan fingerprint density at radius 2 is 1.75 bits per heavy atom. The summed E-state index contributed by atoms with van der Waals surface area (Å²) in [5.41, 5.74) is 5.95. The highest BCUT2D eigenvalue weighted by atomic mass is 16.5. The first-order valence-electron chi connectivity index (χ1n) is 11.4. The van der Waals surface area contributed by atoms with Gasteiger partial charge in [0.15, 0.2) is 0 Å². The summed E-state index contributed by atoms with van der Waals surface area (Å²) < 4.78 is 11.8. The summed E-state index contributed by atoms with van der Waals surface area (Å²) in [5, 5.41) is 0. The number of ether oxygens (including phenoxy) is 2. The monoisotopic (exact) mass is 429 g/mol. The van der Waals surface area contributed by atoms with E-state index in [1.165, 1.54) is 22.3 Å². The van der Waals surface area contributed by atoms with Gasteiger partial charge in [0.1, 0.15) is 12.4 Å². The van der Waals surface area contributed by atoms with Crippen molar-refractivity contribution in [2.75, 3.05) is 26.4 Å². The molecule has 3 aromatic rings. The number of rotatable bonds is 3. The number of carbonyl (C=O) groups excluding carboxylic acids is 1. The van der Waals surface area contributed by atoms with Crippen molar-refractivity contribution in [2.45, 2.75) is 32.7 Å². The molecule has 0 radical (unpaired) electrons. The minimum atomic E-state index is 0.159. The van der Waals surface area contributed by atoms with Gasteiger partial charge in [-0.15, -0.1) is 0 Å². The van der Waals surface area contributed by atoms with Crippen LogP contribution in [-0.4, -0.2) is 37.2 Å². The fraction of sp³-hybridized carbons (Fsp3) is 0.321. The second kappa shape index (κ2) is 11.0. The van der Waals surface area contributed by atoms with E-state index in [1.54, 1.807) is 0 Å². The molecule has 0 saturated carbocycles. The lowest BCUT2D eigenvalue weighted by atomic mass is 10.00. The Bertz CT molecular complexity index is 1030. The average molecular weight is 430 g/mol. The molecule has 0 spiro atoms. The largest absolute Gasteiger partial charge is 0.491 e. The maximum absolute atomic E-state index is 13.1. The topological polar surface area (TPSA) is 38.8 Å². The van der Waals surface area contributed by atoms with Crippen molar-refractivity contribution in [1.82, 2.24) is 4.90 Å². The Labute approximate surface area is 190 Å². The van der Waals surface area contributed by atoms with Gasteiger partial charge >= 0.3 is 0 Å². The Morgan fingerprint density at radius 1 is 0.906 bits per heavy atom. The molecule has 0 unspecified atom stereocenters. The summed E-state index contributed by atoms with van der Waals surface area (Å²) in [6.45, 7) is 4.78. The van der Waals surface area contributed by atoms with Gasteiger partial charge in [0.2, 0.25) is 5.91 Å². The molecule has 4 rings (SSSR count). The minimum absolute atomic E-state index is 0.159. The molecule has 0 aromatic heterocycles. The van der Waals surface area contributed by atoms with E-state index in [9.17, 15) is 4.79 Å².